The molecule has 1 atom stereocenters. The van der Waals surface area contributed by atoms with Crippen LogP contribution in [0.3, 0.4) is 0 Å². The van der Waals surface area contributed by atoms with Crippen LogP contribution in [0, 0.1) is 0 Å². The van der Waals surface area contributed by atoms with E-state index in [4.69, 9.17) is 5.11 Å². The van der Waals surface area contributed by atoms with Crippen molar-refractivity contribution in [3.05, 3.63) is 0 Å². The molecule has 0 aromatic rings. The summed E-state index contributed by atoms with van der Waals surface area (Å²) in [5.41, 5.74) is 0. The van der Waals surface area contributed by atoms with Gasteiger partial charge in [-0.1, -0.05) is 43.1 Å². The summed E-state index contributed by atoms with van der Waals surface area (Å²) >= 11 is 3.00. The standard InChI is InChI=1S/C5H9BrO2.C2H6/c1-2-3-4(6)5(7)8;1-2/h4H,2-3H2,1H3,(H,7,8);1-2H3. The molecule has 0 amide bonds. The molecule has 0 saturated carbocycles. The summed E-state index contributed by atoms with van der Waals surface area (Å²) in [4.78, 5) is 9.69. The largest absolute Gasteiger partial charge is 0.480 e. The summed E-state index contributed by atoms with van der Waals surface area (Å²) in [6, 6.07) is 0. The Hall–Kier alpha value is -0.0500. The lowest BCUT2D eigenvalue weighted by atomic mass is 10.2. The molecule has 0 heterocycles. The van der Waals surface area contributed by atoms with Crippen molar-refractivity contribution in [2.24, 2.45) is 0 Å². The highest BCUT2D eigenvalue weighted by atomic mass is 79.9. The molecule has 3 heteroatoms. The summed E-state index contributed by atoms with van der Waals surface area (Å²) < 4.78 is 0. The maximum absolute atomic E-state index is 10.0. The molecule has 0 radical (unpaired) electrons. The summed E-state index contributed by atoms with van der Waals surface area (Å²) in [6.07, 6.45) is 1.61. The van der Waals surface area contributed by atoms with Gasteiger partial charge in [0.2, 0.25) is 0 Å². The Bertz CT molecular complexity index is 83.7. The number of alkyl halides is 1. The summed E-state index contributed by atoms with van der Waals surface area (Å²) in [5.74, 6) is -0.771. The number of hydrogen-bond acceptors (Lipinski definition) is 1. The molecule has 1 unspecified atom stereocenters. The SMILES string of the molecule is CC.CCCC(Br)C(=O)O. The number of hydrogen-bond donors (Lipinski definition) is 1. The minimum atomic E-state index is -0.771. The highest BCUT2D eigenvalue weighted by Crippen LogP contribution is 2.06. The van der Waals surface area contributed by atoms with Crippen molar-refractivity contribution in [3.8, 4) is 0 Å². The number of aliphatic carboxylic acids is 1. The van der Waals surface area contributed by atoms with Gasteiger partial charge in [-0.25, -0.2) is 0 Å². The van der Waals surface area contributed by atoms with Gasteiger partial charge in [0, 0.05) is 0 Å². The van der Waals surface area contributed by atoms with Gasteiger partial charge in [0.05, 0.1) is 0 Å². The second kappa shape index (κ2) is 8.95. The van der Waals surface area contributed by atoms with Crippen molar-refractivity contribution in [2.45, 2.75) is 38.4 Å². The minimum Gasteiger partial charge on any atom is -0.480 e. The molecule has 0 saturated heterocycles. The third-order valence-corrected chi connectivity index (χ3v) is 1.66. The second-order valence-electron chi connectivity index (χ2n) is 1.59. The van der Waals surface area contributed by atoms with Crippen LogP contribution in [0.25, 0.3) is 0 Å². The number of carboxylic acid groups (broad SMARTS) is 1. The normalized spacial score (nSPS) is 11.2. The second-order valence-corrected chi connectivity index (χ2v) is 2.70. The highest BCUT2D eigenvalue weighted by molar-refractivity contribution is 9.10. The molecule has 62 valence electrons. The smallest absolute Gasteiger partial charge is 0.317 e. The van der Waals surface area contributed by atoms with Gasteiger partial charge < -0.3 is 5.11 Å². The van der Waals surface area contributed by atoms with Crippen LogP contribution in [0.5, 0.6) is 0 Å². The minimum absolute atomic E-state index is 0.354. The Kier molecular flexibility index (Phi) is 11.3. The molecule has 0 aliphatic rings. The summed E-state index contributed by atoms with van der Waals surface area (Å²) in [5, 5.41) is 8.27. The van der Waals surface area contributed by atoms with Crippen LogP contribution in [0.15, 0.2) is 0 Å². The number of rotatable bonds is 3. The quantitative estimate of drug-likeness (QED) is 0.728. The number of carbonyl (C=O) groups is 1. The average molecular weight is 211 g/mol. The molecular weight excluding hydrogens is 196 g/mol. The van der Waals surface area contributed by atoms with Gasteiger partial charge in [-0.2, -0.15) is 0 Å². The van der Waals surface area contributed by atoms with Crippen molar-refractivity contribution >= 4 is 21.9 Å². The van der Waals surface area contributed by atoms with E-state index in [2.05, 4.69) is 15.9 Å². The number of carboxylic acids is 1. The van der Waals surface area contributed by atoms with Crippen LogP contribution >= 0.6 is 15.9 Å². The molecule has 2 nitrogen and oxygen atoms in total. The first-order valence-electron chi connectivity index (χ1n) is 3.55. The lowest BCUT2D eigenvalue weighted by Crippen LogP contribution is -2.11. The van der Waals surface area contributed by atoms with Gasteiger partial charge in [-0.3, -0.25) is 4.79 Å². The van der Waals surface area contributed by atoms with Crippen LogP contribution < -0.4 is 0 Å². The zero-order valence-corrected chi connectivity index (χ0v) is 8.31. The monoisotopic (exact) mass is 210 g/mol. The van der Waals surface area contributed by atoms with Crippen molar-refractivity contribution in [1.82, 2.24) is 0 Å². The molecular formula is C7H15BrO2. The van der Waals surface area contributed by atoms with Crippen LogP contribution in [-0.4, -0.2) is 15.9 Å². The molecule has 0 bridgehead atoms. The fourth-order valence-electron chi connectivity index (χ4n) is 0.377. The first-order valence-corrected chi connectivity index (χ1v) is 4.47. The van der Waals surface area contributed by atoms with Gasteiger partial charge in [-0.15, -0.1) is 0 Å². The number of halogens is 1. The van der Waals surface area contributed by atoms with Gasteiger partial charge in [0.1, 0.15) is 4.83 Å². The maximum Gasteiger partial charge on any atom is 0.317 e. The summed E-state index contributed by atoms with van der Waals surface area (Å²) in [6.45, 7) is 5.96. The van der Waals surface area contributed by atoms with Crippen molar-refractivity contribution in [3.63, 3.8) is 0 Å². The Balaban J connectivity index is 0. The Morgan fingerprint density at radius 2 is 2.00 bits per heavy atom. The molecule has 0 fully saturated rings. The van der Waals surface area contributed by atoms with Crippen molar-refractivity contribution in [2.75, 3.05) is 0 Å². The zero-order valence-electron chi connectivity index (χ0n) is 6.72. The van der Waals surface area contributed by atoms with E-state index in [9.17, 15) is 4.79 Å². The third-order valence-electron chi connectivity index (χ3n) is 0.810. The fraction of sp³-hybridized carbons (Fsp3) is 0.857. The molecule has 0 aromatic carbocycles. The van der Waals surface area contributed by atoms with E-state index in [1.165, 1.54) is 0 Å². The molecule has 0 spiro atoms. The lowest BCUT2D eigenvalue weighted by Gasteiger charge is -1.98. The highest BCUT2D eigenvalue weighted by Gasteiger charge is 2.09. The Morgan fingerprint density at radius 3 is 2.10 bits per heavy atom. The first kappa shape index (κ1) is 12.6. The predicted molar refractivity (Wildman–Crippen MR) is 46.6 cm³/mol. The Morgan fingerprint density at radius 1 is 1.60 bits per heavy atom. The third kappa shape index (κ3) is 7.95. The summed E-state index contributed by atoms with van der Waals surface area (Å²) in [7, 11) is 0. The molecule has 0 aliphatic heterocycles. The van der Waals surface area contributed by atoms with Gasteiger partial charge >= 0.3 is 5.97 Å². The maximum atomic E-state index is 10.0. The van der Waals surface area contributed by atoms with Crippen LogP contribution in [0.1, 0.15) is 33.6 Å². The molecule has 0 aliphatic carbocycles. The van der Waals surface area contributed by atoms with Crippen molar-refractivity contribution in [1.29, 1.82) is 0 Å². The van der Waals surface area contributed by atoms with Gasteiger partial charge in [0.25, 0.3) is 0 Å². The van der Waals surface area contributed by atoms with Crippen molar-refractivity contribution < 1.29 is 9.90 Å². The van der Waals surface area contributed by atoms with E-state index in [1.807, 2.05) is 20.8 Å². The van der Waals surface area contributed by atoms with E-state index >= 15 is 0 Å². The molecule has 0 aromatic heterocycles. The van der Waals surface area contributed by atoms with Gasteiger partial charge in [-0.05, 0) is 6.42 Å². The van der Waals surface area contributed by atoms with E-state index < -0.39 is 5.97 Å². The molecule has 1 N–H and O–H groups in total. The molecule has 10 heavy (non-hydrogen) atoms. The Labute approximate surface area is 70.8 Å². The van der Waals surface area contributed by atoms with E-state index in [0.29, 0.717) is 6.42 Å². The van der Waals surface area contributed by atoms with Crippen LogP contribution in [0.4, 0.5) is 0 Å². The first-order chi connectivity index (χ1) is 4.68. The average Bonchev–Trinajstić information content (AvgIpc) is 1.93. The van der Waals surface area contributed by atoms with E-state index in [-0.39, 0.29) is 4.83 Å². The topological polar surface area (TPSA) is 37.3 Å². The van der Waals surface area contributed by atoms with Crippen LogP contribution in [-0.2, 0) is 4.79 Å². The van der Waals surface area contributed by atoms with Crippen LogP contribution in [0.2, 0.25) is 0 Å². The molecule has 0 rings (SSSR count). The zero-order chi connectivity index (χ0) is 8.57. The van der Waals surface area contributed by atoms with Gasteiger partial charge in [0.15, 0.2) is 0 Å². The fourth-order valence-corrected chi connectivity index (χ4v) is 0.835. The lowest BCUT2D eigenvalue weighted by molar-refractivity contribution is -0.136. The predicted octanol–water partition coefficient (Wildman–Crippen LogP) is 2.66. The van der Waals surface area contributed by atoms with E-state index in [0.717, 1.165) is 6.42 Å². The van der Waals surface area contributed by atoms with E-state index in [1.54, 1.807) is 0 Å².